The van der Waals surface area contributed by atoms with Crippen molar-refractivity contribution in [3.8, 4) is 0 Å². The maximum atomic E-state index is 12.0. The number of carbonyl (C=O) groups excluding carboxylic acids is 1. The molecule has 3 rings (SSSR count). The van der Waals surface area contributed by atoms with Gasteiger partial charge < -0.3 is 4.90 Å². The molecule has 6 nitrogen and oxygen atoms in total. The molecule has 0 unspecified atom stereocenters. The van der Waals surface area contributed by atoms with Gasteiger partial charge in [0.2, 0.25) is 0 Å². The average Bonchev–Trinajstić information content (AvgIpc) is 3.20. The Balaban J connectivity index is 1.39. The highest BCUT2D eigenvalue weighted by Gasteiger charge is 2.08. The number of aromatic nitrogens is 2. The summed E-state index contributed by atoms with van der Waals surface area (Å²) >= 11 is 4.51. The second-order valence-electron chi connectivity index (χ2n) is 6.18. The molecule has 0 saturated carbocycles. The molecule has 1 aromatic heterocycles. The highest BCUT2D eigenvalue weighted by Crippen LogP contribution is 2.30. The number of thioether (sulfide) groups is 2. The lowest BCUT2D eigenvalue weighted by Gasteiger charge is -2.11. The van der Waals surface area contributed by atoms with Gasteiger partial charge in [-0.05, 0) is 23.3 Å². The molecule has 1 amide bonds. The number of benzene rings is 2. The quantitative estimate of drug-likeness (QED) is 0.304. The van der Waals surface area contributed by atoms with E-state index in [0.29, 0.717) is 0 Å². The molecule has 0 aliphatic rings. The number of hydrogen-bond acceptors (Lipinski definition) is 8. The van der Waals surface area contributed by atoms with Gasteiger partial charge in [-0.2, -0.15) is 5.10 Å². The third kappa shape index (κ3) is 7.19. The van der Waals surface area contributed by atoms with Crippen LogP contribution in [0.1, 0.15) is 11.1 Å². The molecule has 1 N–H and O–H groups in total. The Hall–Kier alpha value is -2.36. The van der Waals surface area contributed by atoms with Gasteiger partial charge >= 0.3 is 0 Å². The molecule has 0 saturated heterocycles. The zero-order valence-electron chi connectivity index (χ0n) is 16.1. The van der Waals surface area contributed by atoms with E-state index < -0.39 is 0 Å². The number of amides is 1. The molecule has 150 valence electrons. The second kappa shape index (κ2) is 11.0. The van der Waals surface area contributed by atoms with Crippen LogP contribution in [0.5, 0.6) is 0 Å². The molecule has 0 aliphatic carbocycles. The molecule has 0 spiro atoms. The van der Waals surface area contributed by atoms with Crippen molar-refractivity contribution in [3.63, 3.8) is 0 Å². The van der Waals surface area contributed by atoms with E-state index in [9.17, 15) is 4.79 Å². The molecule has 9 heteroatoms. The number of nitrogens with one attached hydrogen (secondary N) is 1. The Labute approximate surface area is 182 Å². The van der Waals surface area contributed by atoms with Gasteiger partial charge in [0.1, 0.15) is 0 Å². The Morgan fingerprint density at radius 3 is 2.45 bits per heavy atom. The van der Waals surface area contributed by atoms with Gasteiger partial charge in [-0.1, -0.05) is 77.3 Å². The van der Waals surface area contributed by atoms with Gasteiger partial charge in [-0.15, -0.1) is 10.2 Å². The summed E-state index contributed by atoms with van der Waals surface area (Å²) in [5.74, 6) is 0.921. The minimum atomic E-state index is -0.176. The molecule has 3 aromatic rings. The number of hydrazone groups is 1. The van der Waals surface area contributed by atoms with Crippen molar-refractivity contribution < 1.29 is 4.79 Å². The molecule has 29 heavy (non-hydrogen) atoms. The van der Waals surface area contributed by atoms with E-state index >= 15 is 0 Å². The number of hydrogen-bond donors (Lipinski definition) is 1. The normalized spacial score (nSPS) is 11.0. The average molecular weight is 444 g/mol. The summed E-state index contributed by atoms with van der Waals surface area (Å²) in [4.78, 5) is 14.0. The summed E-state index contributed by atoms with van der Waals surface area (Å²) in [6.45, 7) is 0. The highest BCUT2D eigenvalue weighted by atomic mass is 32.2. The van der Waals surface area contributed by atoms with Crippen LogP contribution < -0.4 is 10.3 Å². The first kappa shape index (κ1) is 21.4. The van der Waals surface area contributed by atoms with Crippen LogP contribution in [0.3, 0.4) is 0 Å². The third-order valence-electron chi connectivity index (χ3n) is 3.73. The van der Waals surface area contributed by atoms with E-state index in [0.717, 1.165) is 25.7 Å². The van der Waals surface area contributed by atoms with Crippen molar-refractivity contribution in [2.75, 3.05) is 24.7 Å². The molecule has 0 fully saturated rings. The van der Waals surface area contributed by atoms with Crippen LogP contribution in [0, 0.1) is 0 Å². The lowest BCUT2D eigenvalue weighted by molar-refractivity contribution is -0.118. The monoisotopic (exact) mass is 443 g/mol. The Bertz CT molecular complexity index is 942. The molecule has 0 aliphatic heterocycles. The van der Waals surface area contributed by atoms with Crippen molar-refractivity contribution >= 4 is 52.7 Å². The summed E-state index contributed by atoms with van der Waals surface area (Å²) in [6, 6.07) is 18.1. The van der Waals surface area contributed by atoms with Gasteiger partial charge in [-0.25, -0.2) is 5.43 Å². The van der Waals surface area contributed by atoms with Crippen LogP contribution in [0.4, 0.5) is 5.69 Å². The zero-order valence-corrected chi connectivity index (χ0v) is 18.6. The predicted molar refractivity (Wildman–Crippen MR) is 123 cm³/mol. The topological polar surface area (TPSA) is 70.5 Å². The molecular formula is C20H21N5OS3. The first-order chi connectivity index (χ1) is 14.1. The molecule has 0 bridgehead atoms. The molecule has 0 atom stereocenters. The second-order valence-corrected chi connectivity index (χ2v) is 9.60. The summed E-state index contributed by atoms with van der Waals surface area (Å²) < 4.78 is 1.68. The van der Waals surface area contributed by atoms with Crippen LogP contribution in [-0.2, 0) is 10.5 Å². The lowest BCUT2D eigenvalue weighted by atomic mass is 10.2. The van der Waals surface area contributed by atoms with Gasteiger partial charge in [0, 0.05) is 25.5 Å². The summed E-state index contributed by atoms with van der Waals surface area (Å²) in [5, 5.41) is 12.3. The summed E-state index contributed by atoms with van der Waals surface area (Å²) in [6.07, 6.45) is 1.63. The minimum absolute atomic E-state index is 0.176. The fraction of sp³-hybridized carbons (Fsp3) is 0.200. The SMILES string of the molecule is CN(C)c1ccc(/C=N/NC(=O)CSc2nnc(SCc3ccccc3)s2)cc1. The molecular weight excluding hydrogens is 422 g/mol. The van der Waals surface area contributed by atoms with Crippen molar-refractivity contribution in [1.29, 1.82) is 0 Å². The smallest absolute Gasteiger partial charge is 0.250 e. The van der Waals surface area contributed by atoms with Gasteiger partial charge in [0.15, 0.2) is 8.68 Å². The van der Waals surface area contributed by atoms with Crippen molar-refractivity contribution in [3.05, 3.63) is 65.7 Å². The summed E-state index contributed by atoms with van der Waals surface area (Å²) in [7, 11) is 3.98. The van der Waals surface area contributed by atoms with Crippen molar-refractivity contribution in [2.45, 2.75) is 14.4 Å². The lowest BCUT2D eigenvalue weighted by Crippen LogP contribution is -2.19. The van der Waals surface area contributed by atoms with Crippen LogP contribution in [0.2, 0.25) is 0 Å². The van der Waals surface area contributed by atoms with E-state index in [1.54, 1.807) is 18.0 Å². The Morgan fingerprint density at radius 2 is 1.76 bits per heavy atom. The Kier molecular flexibility index (Phi) is 8.09. The maximum absolute atomic E-state index is 12.0. The van der Waals surface area contributed by atoms with E-state index in [2.05, 4.69) is 32.9 Å². The largest absolute Gasteiger partial charge is 0.378 e. The van der Waals surface area contributed by atoms with E-state index in [-0.39, 0.29) is 11.7 Å². The first-order valence-electron chi connectivity index (χ1n) is 8.82. The van der Waals surface area contributed by atoms with Crippen molar-refractivity contribution in [1.82, 2.24) is 15.6 Å². The van der Waals surface area contributed by atoms with Crippen molar-refractivity contribution in [2.24, 2.45) is 5.10 Å². The predicted octanol–water partition coefficient (Wildman–Crippen LogP) is 4.14. The standard InChI is InChI=1S/C20H21N5OS3/c1-25(2)17-10-8-15(9-11-17)12-21-22-18(26)14-28-20-24-23-19(29-20)27-13-16-6-4-3-5-7-16/h3-12H,13-14H2,1-2H3,(H,22,26)/b21-12+. The van der Waals surface area contributed by atoms with E-state index in [1.807, 2.05) is 61.5 Å². The number of nitrogens with zero attached hydrogens (tertiary/aromatic N) is 4. The minimum Gasteiger partial charge on any atom is -0.378 e. The number of carbonyl (C=O) groups is 1. The molecule has 2 aromatic carbocycles. The van der Waals surface area contributed by atoms with Gasteiger partial charge in [0.25, 0.3) is 5.91 Å². The van der Waals surface area contributed by atoms with Crippen LogP contribution in [-0.4, -0.2) is 42.2 Å². The van der Waals surface area contributed by atoms with Gasteiger partial charge in [-0.3, -0.25) is 4.79 Å². The highest BCUT2D eigenvalue weighted by molar-refractivity contribution is 8.03. The van der Waals surface area contributed by atoms with E-state index in [4.69, 9.17) is 0 Å². The fourth-order valence-electron chi connectivity index (χ4n) is 2.23. The number of rotatable bonds is 9. The van der Waals surface area contributed by atoms with Crippen LogP contribution in [0.25, 0.3) is 0 Å². The Morgan fingerprint density at radius 1 is 1.07 bits per heavy atom. The molecule has 1 heterocycles. The number of anilines is 1. The third-order valence-corrected chi connectivity index (χ3v) is 6.99. The maximum Gasteiger partial charge on any atom is 0.250 e. The van der Waals surface area contributed by atoms with Crippen LogP contribution >= 0.6 is 34.9 Å². The molecule has 0 radical (unpaired) electrons. The van der Waals surface area contributed by atoms with Crippen LogP contribution in [0.15, 0.2) is 68.4 Å². The zero-order chi connectivity index (χ0) is 20.5. The fourth-order valence-corrected chi connectivity index (χ4v) is 5.00. The van der Waals surface area contributed by atoms with Gasteiger partial charge in [0.05, 0.1) is 12.0 Å². The van der Waals surface area contributed by atoms with E-state index in [1.165, 1.54) is 28.7 Å². The summed E-state index contributed by atoms with van der Waals surface area (Å²) in [5.41, 5.74) is 5.82. The first-order valence-corrected chi connectivity index (χ1v) is 11.6.